The van der Waals surface area contributed by atoms with Crippen molar-refractivity contribution >= 4 is 21.3 Å². The van der Waals surface area contributed by atoms with Gasteiger partial charge in [0.1, 0.15) is 0 Å². The lowest BCUT2D eigenvalue weighted by Crippen LogP contribution is -2.36. The van der Waals surface area contributed by atoms with Gasteiger partial charge in [-0.05, 0) is 13.3 Å². The first-order valence-corrected chi connectivity index (χ1v) is 7.86. The molecule has 81 valence electrons. The number of ether oxygens (including phenoxy) is 1. The summed E-state index contributed by atoms with van der Waals surface area (Å²) >= 11 is 0. The van der Waals surface area contributed by atoms with E-state index in [0.29, 0.717) is 6.54 Å². The molecular weight excluding hydrogens is 198 g/mol. The minimum absolute atomic E-state index is 0.0461. The number of rotatable bonds is 5. The molecule has 0 saturated carbocycles. The van der Waals surface area contributed by atoms with E-state index in [2.05, 4.69) is 13.1 Å². The number of carbonyl (C=O) groups is 1. The van der Waals surface area contributed by atoms with Crippen molar-refractivity contribution in [3.63, 3.8) is 0 Å². The maximum absolute atomic E-state index is 11.3. The van der Waals surface area contributed by atoms with Crippen LogP contribution in [0.4, 0.5) is 4.79 Å². The molecule has 0 aromatic heterocycles. The second-order valence-corrected chi connectivity index (χ2v) is 7.00. The second-order valence-electron chi connectivity index (χ2n) is 3.58. The highest BCUT2D eigenvalue weighted by Crippen LogP contribution is 2.01. The topological polar surface area (TPSA) is 46.6 Å². The fraction of sp³-hybridized carbons (Fsp3) is 0.778. The van der Waals surface area contributed by atoms with Crippen molar-refractivity contribution in [3.05, 3.63) is 0 Å². The molecule has 0 bridgehead atoms. The Bertz CT molecular complexity index is 196. The van der Waals surface area contributed by atoms with Crippen molar-refractivity contribution in [2.45, 2.75) is 39.1 Å². The van der Waals surface area contributed by atoms with Gasteiger partial charge in [-0.25, -0.2) is 9.69 Å². The Morgan fingerprint density at radius 2 is 2.14 bits per heavy atom. The SMILES string of the molecule is CCCN([C]=O)C(=O)OC(C)[SiH](C)C. The lowest BCUT2D eigenvalue weighted by atomic mass is 10.4. The predicted octanol–water partition coefficient (Wildman–Crippen LogP) is 1.32. The van der Waals surface area contributed by atoms with Crippen molar-refractivity contribution in [3.8, 4) is 0 Å². The molecule has 0 saturated heterocycles. The molecular formula is C9H18NO3Si. The maximum atomic E-state index is 11.3. The van der Waals surface area contributed by atoms with Crippen molar-refractivity contribution < 1.29 is 14.3 Å². The van der Waals surface area contributed by atoms with E-state index in [1.165, 1.54) is 0 Å². The number of carbonyl (C=O) groups excluding carboxylic acids is 2. The van der Waals surface area contributed by atoms with E-state index < -0.39 is 14.9 Å². The number of nitrogens with zero attached hydrogens (tertiary/aromatic N) is 1. The molecule has 1 radical (unpaired) electrons. The van der Waals surface area contributed by atoms with Crippen LogP contribution in [0.2, 0.25) is 13.1 Å². The average Bonchev–Trinajstić information content (AvgIpc) is 2.13. The summed E-state index contributed by atoms with van der Waals surface area (Å²) < 4.78 is 5.10. The van der Waals surface area contributed by atoms with Crippen LogP contribution < -0.4 is 0 Å². The number of imide groups is 1. The Hall–Kier alpha value is -0.843. The van der Waals surface area contributed by atoms with Crippen LogP contribution in [0.1, 0.15) is 20.3 Å². The maximum Gasteiger partial charge on any atom is 0.416 e. The van der Waals surface area contributed by atoms with Crippen LogP contribution in [0.3, 0.4) is 0 Å². The van der Waals surface area contributed by atoms with Crippen molar-refractivity contribution in [1.82, 2.24) is 4.90 Å². The van der Waals surface area contributed by atoms with Gasteiger partial charge in [0.25, 0.3) is 0 Å². The van der Waals surface area contributed by atoms with Gasteiger partial charge in [-0.3, -0.25) is 4.79 Å². The summed E-state index contributed by atoms with van der Waals surface area (Å²) in [6, 6.07) is 0. The Kier molecular flexibility index (Phi) is 6.19. The molecule has 0 aliphatic carbocycles. The number of amides is 2. The van der Waals surface area contributed by atoms with Gasteiger partial charge in [0.2, 0.25) is 0 Å². The molecule has 0 rings (SSSR count). The minimum Gasteiger partial charge on any atom is -0.450 e. The van der Waals surface area contributed by atoms with E-state index in [9.17, 15) is 9.59 Å². The van der Waals surface area contributed by atoms with E-state index in [-0.39, 0.29) is 5.73 Å². The zero-order valence-corrected chi connectivity index (χ0v) is 10.4. The lowest BCUT2D eigenvalue weighted by molar-refractivity contribution is 0.112. The first-order valence-electron chi connectivity index (χ1n) is 4.88. The van der Waals surface area contributed by atoms with E-state index in [1.54, 1.807) is 6.41 Å². The Morgan fingerprint density at radius 3 is 2.50 bits per heavy atom. The quantitative estimate of drug-likeness (QED) is 0.514. The van der Waals surface area contributed by atoms with Gasteiger partial charge in [-0.15, -0.1) is 0 Å². The molecule has 4 nitrogen and oxygen atoms in total. The summed E-state index contributed by atoms with van der Waals surface area (Å²) in [6.45, 7) is 8.30. The van der Waals surface area contributed by atoms with Crippen LogP contribution in [0.25, 0.3) is 0 Å². The highest BCUT2D eigenvalue weighted by atomic mass is 28.3. The average molecular weight is 216 g/mol. The van der Waals surface area contributed by atoms with Gasteiger partial charge in [0.15, 0.2) is 0 Å². The van der Waals surface area contributed by atoms with Crippen molar-refractivity contribution in [2.24, 2.45) is 0 Å². The second kappa shape index (κ2) is 6.59. The molecule has 0 spiro atoms. The van der Waals surface area contributed by atoms with Gasteiger partial charge in [-0.2, -0.15) is 0 Å². The summed E-state index contributed by atoms with van der Waals surface area (Å²) in [5.41, 5.74) is -0.0461. The van der Waals surface area contributed by atoms with Gasteiger partial charge in [0.05, 0.1) is 14.5 Å². The normalized spacial score (nSPS) is 12.4. The summed E-state index contributed by atoms with van der Waals surface area (Å²) in [7, 11) is -0.993. The standard InChI is InChI=1S/C9H18NO3Si/c1-5-6-10(7-11)9(12)13-8(2)14(3)4/h8,14H,5-6H2,1-4H3. The molecule has 0 aliphatic rings. The number of hydrogen-bond acceptors (Lipinski definition) is 3. The van der Waals surface area contributed by atoms with E-state index in [0.717, 1.165) is 11.3 Å². The minimum atomic E-state index is -0.993. The fourth-order valence-electron chi connectivity index (χ4n) is 0.757. The van der Waals surface area contributed by atoms with Crippen molar-refractivity contribution in [2.75, 3.05) is 6.54 Å². The van der Waals surface area contributed by atoms with Gasteiger partial charge in [0, 0.05) is 6.54 Å². The first-order chi connectivity index (χ1) is 6.52. The van der Waals surface area contributed by atoms with Crippen molar-refractivity contribution in [1.29, 1.82) is 0 Å². The van der Waals surface area contributed by atoms with E-state index in [4.69, 9.17) is 4.74 Å². The lowest BCUT2D eigenvalue weighted by Gasteiger charge is -2.19. The molecule has 5 heteroatoms. The molecule has 14 heavy (non-hydrogen) atoms. The zero-order valence-electron chi connectivity index (χ0n) is 9.24. The van der Waals surface area contributed by atoms with Crippen LogP contribution in [-0.2, 0) is 9.53 Å². The Balaban J connectivity index is 4.10. The molecule has 0 aromatic rings. The molecule has 2 amide bonds. The van der Waals surface area contributed by atoms with Gasteiger partial charge >= 0.3 is 12.5 Å². The van der Waals surface area contributed by atoms with Crippen LogP contribution in [0.15, 0.2) is 0 Å². The largest absolute Gasteiger partial charge is 0.450 e. The third-order valence-corrected chi connectivity index (χ3v) is 4.02. The van der Waals surface area contributed by atoms with Crippen LogP contribution in [0.5, 0.6) is 0 Å². The smallest absolute Gasteiger partial charge is 0.416 e. The van der Waals surface area contributed by atoms with E-state index >= 15 is 0 Å². The van der Waals surface area contributed by atoms with Crippen LogP contribution in [-0.4, -0.2) is 38.5 Å². The third-order valence-electron chi connectivity index (χ3n) is 2.00. The fourth-order valence-corrected chi connectivity index (χ4v) is 1.15. The highest BCUT2D eigenvalue weighted by molar-refractivity contribution is 6.57. The van der Waals surface area contributed by atoms with Gasteiger partial charge < -0.3 is 4.74 Å². The molecule has 0 fully saturated rings. The molecule has 0 heterocycles. The highest BCUT2D eigenvalue weighted by Gasteiger charge is 2.19. The summed E-state index contributed by atoms with van der Waals surface area (Å²) in [5, 5.41) is 0. The molecule has 1 atom stereocenters. The van der Waals surface area contributed by atoms with Crippen LogP contribution in [0, 0.1) is 0 Å². The Morgan fingerprint density at radius 1 is 1.57 bits per heavy atom. The zero-order chi connectivity index (χ0) is 11.1. The van der Waals surface area contributed by atoms with E-state index in [1.807, 2.05) is 13.8 Å². The number of hydrogen-bond donors (Lipinski definition) is 0. The molecule has 1 unspecified atom stereocenters. The Labute approximate surface area is 86.8 Å². The molecule has 0 N–H and O–H groups in total. The third kappa shape index (κ3) is 4.41. The monoisotopic (exact) mass is 216 g/mol. The summed E-state index contributed by atoms with van der Waals surface area (Å²) in [6.07, 6.45) is 1.72. The van der Waals surface area contributed by atoms with Crippen LogP contribution >= 0.6 is 0 Å². The summed E-state index contributed by atoms with van der Waals surface area (Å²) in [5.74, 6) is 0. The van der Waals surface area contributed by atoms with Gasteiger partial charge in [-0.1, -0.05) is 20.0 Å². The summed E-state index contributed by atoms with van der Waals surface area (Å²) in [4.78, 5) is 22.7. The molecule has 0 aromatic carbocycles. The predicted molar refractivity (Wildman–Crippen MR) is 57.5 cm³/mol. The molecule has 0 aliphatic heterocycles. The first kappa shape index (κ1) is 13.2.